The molecule has 0 bridgehead atoms. The molecule has 1 aliphatic rings. The summed E-state index contributed by atoms with van der Waals surface area (Å²) in [6, 6.07) is 0. The van der Waals surface area contributed by atoms with Gasteiger partial charge in [-0.25, -0.2) is 0 Å². The van der Waals surface area contributed by atoms with Crippen LogP contribution in [0.2, 0.25) is 0 Å². The van der Waals surface area contributed by atoms with E-state index in [0.29, 0.717) is 6.10 Å². The molecule has 1 rings (SSSR count). The molecule has 0 aliphatic carbocycles. The minimum Gasteiger partial charge on any atom is -0.383 e. The van der Waals surface area contributed by atoms with Gasteiger partial charge in [0.2, 0.25) is 0 Å². The summed E-state index contributed by atoms with van der Waals surface area (Å²) < 4.78 is 9.83. The fourth-order valence-corrected chi connectivity index (χ4v) is 0.623. The van der Waals surface area contributed by atoms with E-state index in [1.807, 2.05) is 0 Å². The monoisotopic (exact) mass is 131 g/mol. The minimum absolute atomic E-state index is 0.488. The Hall–Kier alpha value is -0.120. The average Bonchev–Trinajstić information content (AvgIpc) is 2.63. The predicted octanol–water partition coefficient (Wildman–Crippen LogP) is -0.379. The summed E-state index contributed by atoms with van der Waals surface area (Å²) in [5.41, 5.74) is 0. The van der Waals surface area contributed by atoms with Gasteiger partial charge in [0.15, 0.2) is 0 Å². The lowest BCUT2D eigenvalue weighted by Crippen LogP contribution is -2.23. The number of hydrogen-bond acceptors (Lipinski definition) is 3. The molecule has 0 amide bonds. The Bertz CT molecular complexity index is 73.5. The Labute approximate surface area is 55.3 Å². The van der Waals surface area contributed by atoms with Crippen LogP contribution in [0, 0.1) is 0 Å². The van der Waals surface area contributed by atoms with Gasteiger partial charge < -0.3 is 14.8 Å². The van der Waals surface area contributed by atoms with Gasteiger partial charge in [0.05, 0.1) is 19.3 Å². The summed E-state index contributed by atoms with van der Waals surface area (Å²) in [4.78, 5) is 0. The summed E-state index contributed by atoms with van der Waals surface area (Å²) in [6.45, 7) is 3.62. The second kappa shape index (κ2) is 3.82. The Morgan fingerprint density at radius 3 is 3.11 bits per heavy atom. The molecule has 0 aromatic rings. The van der Waals surface area contributed by atoms with Gasteiger partial charge in [-0.1, -0.05) is 0 Å². The highest BCUT2D eigenvalue weighted by Gasteiger charge is 2.20. The molecule has 3 nitrogen and oxygen atoms in total. The summed E-state index contributed by atoms with van der Waals surface area (Å²) in [5.74, 6) is 0. The summed E-state index contributed by atoms with van der Waals surface area (Å²) in [7, 11) is 1.70. The molecule has 0 aromatic carbocycles. The van der Waals surface area contributed by atoms with E-state index in [1.165, 1.54) is 0 Å². The van der Waals surface area contributed by atoms with Crippen LogP contribution in [0.3, 0.4) is 0 Å². The third-order valence-corrected chi connectivity index (χ3v) is 1.26. The van der Waals surface area contributed by atoms with Crippen molar-refractivity contribution in [3.05, 3.63) is 0 Å². The molecule has 0 aromatic heterocycles. The van der Waals surface area contributed by atoms with E-state index >= 15 is 0 Å². The highest BCUT2D eigenvalue weighted by molar-refractivity contribution is 4.71. The van der Waals surface area contributed by atoms with Gasteiger partial charge >= 0.3 is 0 Å². The zero-order valence-corrected chi connectivity index (χ0v) is 5.72. The van der Waals surface area contributed by atoms with Gasteiger partial charge in [-0.15, -0.1) is 0 Å². The lowest BCUT2D eigenvalue weighted by molar-refractivity contribution is 0.198. The Morgan fingerprint density at radius 2 is 2.56 bits per heavy atom. The zero-order valence-electron chi connectivity index (χ0n) is 5.72. The molecular weight excluding hydrogens is 118 g/mol. The maximum Gasteiger partial charge on any atom is 0.0933 e. The number of epoxide rings is 1. The first-order chi connectivity index (χ1) is 4.43. The van der Waals surface area contributed by atoms with Crippen molar-refractivity contribution in [1.29, 1.82) is 0 Å². The van der Waals surface area contributed by atoms with E-state index in [1.54, 1.807) is 7.11 Å². The molecule has 54 valence electrons. The van der Waals surface area contributed by atoms with Crippen LogP contribution in [0.4, 0.5) is 0 Å². The van der Waals surface area contributed by atoms with Gasteiger partial charge in [0, 0.05) is 20.2 Å². The van der Waals surface area contributed by atoms with Crippen LogP contribution in [0.15, 0.2) is 0 Å². The number of rotatable bonds is 5. The molecule has 1 fully saturated rings. The van der Waals surface area contributed by atoms with Gasteiger partial charge in [0.1, 0.15) is 0 Å². The van der Waals surface area contributed by atoms with Crippen LogP contribution in [0.1, 0.15) is 0 Å². The van der Waals surface area contributed by atoms with E-state index in [-0.39, 0.29) is 0 Å². The van der Waals surface area contributed by atoms with E-state index in [2.05, 4.69) is 5.32 Å². The first kappa shape index (κ1) is 6.99. The van der Waals surface area contributed by atoms with Gasteiger partial charge in [0.25, 0.3) is 0 Å². The number of hydrogen-bond donors (Lipinski definition) is 1. The molecule has 1 heterocycles. The highest BCUT2D eigenvalue weighted by Crippen LogP contribution is 2.05. The number of ether oxygens (including phenoxy) is 2. The van der Waals surface area contributed by atoms with Crippen LogP contribution in [-0.4, -0.2) is 39.5 Å². The molecule has 1 N–H and O–H groups in total. The van der Waals surface area contributed by atoms with E-state index < -0.39 is 0 Å². The van der Waals surface area contributed by atoms with Crippen molar-refractivity contribution >= 4 is 0 Å². The smallest absolute Gasteiger partial charge is 0.0933 e. The molecule has 0 saturated carbocycles. The fourth-order valence-electron chi connectivity index (χ4n) is 0.623. The van der Waals surface area contributed by atoms with Crippen LogP contribution in [0.5, 0.6) is 0 Å². The number of nitrogens with one attached hydrogen (secondary N) is 1. The average molecular weight is 131 g/mol. The SMILES string of the molecule is COCCNCC1CO1. The van der Waals surface area contributed by atoms with Crippen molar-refractivity contribution in [2.75, 3.05) is 33.4 Å². The Morgan fingerprint density at radius 1 is 1.78 bits per heavy atom. The van der Waals surface area contributed by atoms with Gasteiger partial charge in [-0.3, -0.25) is 0 Å². The van der Waals surface area contributed by atoms with E-state index in [4.69, 9.17) is 9.47 Å². The summed E-state index contributed by atoms with van der Waals surface area (Å²) in [5, 5.41) is 3.20. The molecule has 1 aliphatic heterocycles. The molecule has 0 radical (unpaired) electrons. The normalized spacial score (nSPS) is 24.3. The Kier molecular flexibility index (Phi) is 2.97. The van der Waals surface area contributed by atoms with Crippen LogP contribution in [-0.2, 0) is 9.47 Å². The van der Waals surface area contributed by atoms with Crippen molar-refractivity contribution < 1.29 is 9.47 Å². The van der Waals surface area contributed by atoms with Crippen molar-refractivity contribution in [2.24, 2.45) is 0 Å². The lowest BCUT2D eigenvalue weighted by atomic mass is 10.5. The minimum atomic E-state index is 0.488. The molecule has 3 heteroatoms. The van der Waals surface area contributed by atoms with Crippen molar-refractivity contribution in [1.82, 2.24) is 5.32 Å². The van der Waals surface area contributed by atoms with Crippen molar-refractivity contribution in [3.8, 4) is 0 Å². The molecule has 9 heavy (non-hydrogen) atoms. The zero-order chi connectivity index (χ0) is 6.53. The predicted molar refractivity (Wildman–Crippen MR) is 34.5 cm³/mol. The molecule has 1 atom stereocenters. The molecular formula is C6H13NO2. The van der Waals surface area contributed by atoms with Crippen molar-refractivity contribution in [2.45, 2.75) is 6.10 Å². The fraction of sp³-hybridized carbons (Fsp3) is 1.00. The standard InChI is InChI=1S/C6H13NO2/c1-8-3-2-7-4-6-5-9-6/h6-7H,2-5H2,1H3. The lowest BCUT2D eigenvalue weighted by Gasteiger charge is -1.98. The quantitative estimate of drug-likeness (QED) is 0.408. The second-order valence-corrected chi connectivity index (χ2v) is 2.15. The van der Waals surface area contributed by atoms with Crippen molar-refractivity contribution in [3.63, 3.8) is 0 Å². The van der Waals surface area contributed by atoms with E-state index in [0.717, 1.165) is 26.3 Å². The van der Waals surface area contributed by atoms with E-state index in [9.17, 15) is 0 Å². The third kappa shape index (κ3) is 3.46. The first-order valence-electron chi connectivity index (χ1n) is 3.24. The van der Waals surface area contributed by atoms with Gasteiger partial charge in [-0.05, 0) is 0 Å². The third-order valence-electron chi connectivity index (χ3n) is 1.26. The van der Waals surface area contributed by atoms with Gasteiger partial charge in [-0.2, -0.15) is 0 Å². The Balaban J connectivity index is 1.71. The first-order valence-corrected chi connectivity index (χ1v) is 3.24. The molecule has 0 spiro atoms. The van der Waals surface area contributed by atoms with Crippen LogP contribution < -0.4 is 5.32 Å². The topological polar surface area (TPSA) is 33.8 Å². The van der Waals surface area contributed by atoms with Crippen LogP contribution in [0.25, 0.3) is 0 Å². The summed E-state index contributed by atoms with van der Waals surface area (Å²) >= 11 is 0. The molecule has 1 unspecified atom stereocenters. The highest BCUT2D eigenvalue weighted by atomic mass is 16.6. The second-order valence-electron chi connectivity index (χ2n) is 2.15. The largest absolute Gasteiger partial charge is 0.383 e. The maximum atomic E-state index is 4.99. The summed E-state index contributed by atoms with van der Waals surface area (Å²) in [6.07, 6.45) is 0.488. The van der Waals surface area contributed by atoms with Crippen LogP contribution >= 0.6 is 0 Å². The maximum absolute atomic E-state index is 4.99. The number of methoxy groups -OCH3 is 1. The molecule has 1 saturated heterocycles.